The Morgan fingerprint density at radius 3 is 2.33 bits per heavy atom. The Morgan fingerprint density at radius 1 is 1.00 bits per heavy atom. The molecule has 2 amide bonds. The monoisotopic (exact) mass is 465 g/mol. The van der Waals surface area contributed by atoms with Gasteiger partial charge in [-0.15, -0.1) is 0 Å². The molecule has 8 heteroatoms. The van der Waals surface area contributed by atoms with Crippen molar-refractivity contribution in [1.29, 1.82) is 0 Å². The molecule has 0 radical (unpaired) electrons. The van der Waals surface area contributed by atoms with Crippen LogP contribution in [0.2, 0.25) is 5.02 Å². The predicted molar refractivity (Wildman–Crippen MR) is 130 cm³/mol. The fourth-order valence-electron chi connectivity index (χ4n) is 3.75. The minimum absolute atomic E-state index is 0.126. The van der Waals surface area contributed by atoms with Gasteiger partial charge in [0.15, 0.2) is 5.69 Å². The molecular weight excluding hydrogens is 438 g/mol. The third-order valence-corrected chi connectivity index (χ3v) is 6.08. The highest BCUT2D eigenvalue weighted by atomic mass is 35.5. The number of amides is 2. The molecule has 0 aliphatic carbocycles. The number of rotatable bonds is 6. The summed E-state index contributed by atoms with van der Waals surface area (Å²) in [5, 5.41) is 8.20. The van der Waals surface area contributed by atoms with Gasteiger partial charge in [-0.3, -0.25) is 14.5 Å². The molecule has 1 fully saturated rings. The summed E-state index contributed by atoms with van der Waals surface area (Å²) < 4.78 is 1.61. The first-order valence-corrected chi connectivity index (χ1v) is 11.5. The Kier molecular flexibility index (Phi) is 7.11. The molecule has 1 aliphatic heterocycles. The highest BCUT2D eigenvalue weighted by Crippen LogP contribution is 2.21. The van der Waals surface area contributed by atoms with Crippen molar-refractivity contribution in [2.24, 2.45) is 5.92 Å². The number of para-hydroxylation sites is 1. The molecule has 1 N–H and O–H groups in total. The minimum Gasteiger partial charge on any atom is -0.335 e. The number of benzene rings is 2. The third kappa shape index (κ3) is 5.43. The van der Waals surface area contributed by atoms with E-state index in [0.29, 0.717) is 24.6 Å². The average molecular weight is 466 g/mol. The summed E-state index contributed by atoms with van der Waals surface area (Å²) in [7, 11) is 0. The molecule has 0 atom stereocenters. The van der Waals surface area contributed by atoms with Crippen LogP contribution in [0.25, 0.3) is 5.69 Å². The number of carbonyl (C=O) groups is 2. The summed E-state index contributed by atoms with van der Waals surface area (Å²) in [6.07, 6.45) is 0. The molecule has 1 saturated heterocycles. The maximum atomic E-state index is 13.2. The molecule has 0 spiro atoms. The first-order valence-electron chi connectivity index (χ1n) is 11.1. The van der Waals surface area contributed by atoms with Crippen LogP contribution in [0.3, 0.4) is 0 Å². The second-order valence-electron chi connectivity index (χ2n) is 8.47. The number of piperazine rings is 1. The number of carbonyl (C=O) groups excluding carboxylic acids is 2. The predicted octanol–water partition coefficient (Wildman–Crippen LogP) is 4.08. The van der Waals surface area contributed by atoms with Gasteiger partial charge in [-0.05, 0) is 23.8 Å². The highest BCUT2D eigenvalue weighted by molar-refractivity contribution is 6.31. The van der Waals surface area contributed by atoms with E-state index in [9.17, 15) is 9.59 Å². The first-order chi connectivity index (χ1) is 15.9. The number of hydrogen-bond donors (Lipinski definition) is 1. The van der Waals surface area contributed by atoms with Gasteiger partial charge in [0, 0.05) is 49.7 Å². The summed E-state index contributed by atoms with van der Waals surface area (Å²) >= 11 is 6.29. The van der Waals surface area contributed by atoms with E-state index in [4.69, 9.17) is 11.6 Å². The van der Waals surface area contributed by atoms with E-state index in [-0.39, 0.29) is 17.7 Å². The Morgan fingerprint density at radius 2 is 1.67 bits per heavy atom. The van der Waals surface area contributed by atoms with Crippen molar-refractivity contribution in [2.75, 3.05) is 31.5 Å². The van der Waals surface area contributed by atoms with Gasteiger partial charge in [-0.2, -0.15) is 5.10 Å². The summed E-state index contributed by atoms with van der Waals surface area (Å²) in [6.45, 7) is 7.14. The van der Waals surface area contributed by atoms with Crippen molar-refractivity contribution in [2.45, 2.75) is 20.4 Å². The van der Waals surface area contributed by atoms with Crippen LogP contribution in [0, 0.1) is 5.92 Å². The van der Waals surface area contributed by atoms with E-state index >= 15 is 0 Å². The molecule has 2 heterocycles. The van der Waals surface area contributed by atoms with Crippen molar-refractivity contribution in [1.82, 2.24) is 19.6 Å². The number of anilines is 1. The lowest BCUT2D eigenvalue weighted by Gasteiger charge is -2.34. The van der Waals surface area contributed by atoms with Crippen molar-refractivity contribution in [3.05, 3.63) is 76.9 Å². The van der Waals surface area contributed by atoms with E-state index in [1.165, 1.54) is 0 Å². The van der Waals surface area contributed by atoms with Crippen LogP contribution in [0.15, 0.2) is 60.7 Å². The van der Waals surface area contributed by atoms with Crippen LogP contribution in [-0.4, -0.2) is 57.6 Å². The zero-order valence-electron chi connectivity index (χ0n) is 18.9. The minimum atomic E-state index is -0.186. The van der Waals surface area contributed by atoms with Gasteiger partial charge in [-0.25, -0.2) is 4.68 Å². The molecule has 0 saturated carbocycles. The maximum Gasteiger partial charge on any atom is 0.274 e. The summed E-state index contributed by atoms with van der Waals surface area (Å²) in [5.41, 5.74) is 2.18. The number of hydrogen-bond acceptors (Lipinski definition) is 4. The van der Waals surface area contributed by atoms with Crippen molar-refractivity contribution < 1.29 is 9.59 Å². The maximum absolute atomic E-state index is 13.2. The first kappa shape index (κ1) is 23.0. The highest BCUT2D eigenvalue weighted by Gasteiger charge is 2.26. The Balaban J connectivity index is 1.47. The topological polar surface area (TPSA) is 70.5 Å². The van der Waals surface area contributed by atoms with Gasteiger partial charge in [0.1, 0.15) is 5.82 Å². The van der Waals surface area contributed by atoms with Gasteiger partial charge in [0.25, 0.3) is 5.91 Å². The summed E-state index contributed by atoms with van der Waals surface area (Å²) in [4.78, 5) is 29.7. The molecule has 172 valence electrons. The largest absolute Gasteiger partial charge is 0.335 e. The lowest BCUT2D eigenvalue weighted by molar-refractivity contribution is -0.118. The van der Waals surface area contributed by atoms with E-state index in [0.717, 1.165) is 35.9 Å². The van der Waals surface area contributed by atoms with Crippen LogP contribution < -0.4 is 5.32 Å². The number of nitrogens with one attached hydrogen (secondary N) is 1. The van der Waals surface area contributed by atoms with E-state index in [1.54, 1.807) is 10.7 Å². The van der Waals surface area contributed by atoms with Crippen LogP contribution >= 0.6 is 11.6 Å². The summed E-state index contributed by atoms with van der Waals surface area (Å²) in [5.74, 6) is 0.0384. The second kappa shape index (κ2) is 10.2. The van der Waals surface area contributed by atoms with Crippen molar-refractivity contribution >= 4 is 29.2 Å². The fourth-order valence-corrected chi connectivity index (χ4v) is 3.95. The van der Waals surface area contributed by atoms with Gasteiger partial charge in [0.05, 0.1) is 5.69 Å². The zero-order valence-corrected chi connectivity index (χ0v) is 19.6. The van der Waals surface area contributed by atoms with Crippen LogP contribution in [0.1, 0.15) is 29.9 Å². The quantitative estimate of drug-likeness (QED) is 0.595. The molecular formula is C25H28ClN5O2. The molecule has 1 aromatic heterocycles. The van der Waals surface area contributed by atoms with Crippen LogP contribution in [-0.2, 0) is 11.3 Å². The smallest absolute Gasteiger partial charge is 0.274 e. The molecule has 4 rings (SSSR count). The second-order valence-corrected chi connectivity index (χ2v) is 8.87. The SMILES string of the molecule is CC(C)C(=O)Nc1cc(C(=O)N2CCN(Cc3ccccc3Cl)CC2)nn1-c1ccccc1. The number of aromatic nitrogens is 2. The lowest BCUT2D eigenvalue weighted by Crippen LogP contribution is -2.48. The normalized spacial score (nSPS) is 14.5. The van der Waals surface area contributed by atoms with Crippen LogP contribution in [0.5, 0.6) is 0 Å². The number of halogens is 1. The van der Waals surface area contributed by atoms with Crippen molar-refractivity contribution in [3.8, 4) is 5.69 Å². The molecule has 1 aliphatic rings. The number of nitrogens with zero attached hydrogens (tertiary/aromatic N) is 4. The van der Waals surface area contributed by atoms with E-state index < -0.39 is 0 Å². The van der Waals surface area contributed by atoms with Crippen molar-refractivity contribution in [3.63, 3.8) is 0 Å². The Hall–Kier alpha value is -3.16. The molecule has 2 aromatic carbocycles. The van der Waals surface area contributed by atoms with E-state index in [2.05, 4.69) is 15.3 Å². The molecule has 0 bridgehead atoms. The van der Waals surface area contributed by atoms with Crippen LogP contribution in [0.4, 0.5) is 5.82 Å². The molecule has 0 unspecified atom stereocenters. The zero-order chi connectivity index (χ0) is 23.4. The fraction of sp³-hybridized carbons (Fsp3) is 0.320. The van der Waals surface area contributed by atoms with Gasteiger partial charge in [-0.1, -0.05) is 61.8 Å². The average Bonchev–Trinajstić information content (AvgIpc) is 3.25. The Bertz CT molecular complexity index is 1120. The lowest BCUT2D eigenvalue weighted by atomic mass is 10.2. The Labute approximate surface area is 198 Å². The van der Waals surface area contributed by atoms with E-state index in [1.807, 2.05) is 73.3 Å². The molecule has 3 aromatic rings. The van der Waals surface area contributed by atoms with Gasteiger partial charge < -0.3 is 10.2 Å². The van der Waals surface area contributed by atoms with Gasteiger partial charge >= 0.3 is 0 Å². The van der Waals surface area contributed by atoms with Gasteiger partial charge in [0.2, 0.25) is 5.91 Å². The third-order valence-electron chi connectivity index (χ3n) is 5.72. The standard InChI is InChI=1S/C25H28ClN5O2/c1-18(2)24(32)27-23-16-22(28-31(23)20-9-4-3-5-10-20)25(33)30-14-12-29(13-15-30)17-19-8-6-7-11-21(19)26/h3-11,16,18H,12-15,17H2,1-2H3,(H,27,32). The molecule has 33 heavy (non-hydrogen) atoms. The summed E-state index contributed by atoms with van der Waals surface area (Å²) in [6, 6.07) is 19.0. The molecule has 7 nitrogen and oxygen atoms in total.